The number of benzene rings is 2. The summed E-state index contributed by atoms with van der Waals surface area (Å²) in [5.74, 6) is -0.0401. The van der Waals surface area contributed by atoms with Crippen molar-refractivity contribution in [3.63, 3.8) is 0 Å². The van der Waals surface area contributed by atoms with E-state index < -0.39 is 0 Å². The van der Waals surface area contributed by atoms with Gasteiger partial charge in [0.1, 0.15) is 0 Å². The highest BCUT2D eigenvalue weighted by molar-refractivity contribution is 7.07. The van der Waals surface area contributed by atoms with E-state index in [9.17, 15) is 4.79 Å². The number of thiophene rings is 1. The first-order valence-corrected chi connectivity index (χ1v) is 9.21. The van der Waals surface area contributed by atoms with Gasteiger partial charge in [0, 0.05) is 12.1 Å². The number of hydrogen-bond acceptors (Lipinski definition) is 3. The molecular weight excluding hydrogens is 328 g/mol. The third kappa shape index (κ3) is 4.35. The molecule has 3 rings (SSSR count). The molecule has 0 fully saturated rings. The van der Waals surface area contributed by atoms with Gasteiger partial charge in [-0.15, -0.1) is 0 Å². The Morgan fingerprint density at radius 3 is 2.28 bits per heavy atom. The van der Waals surface area contributed by atoms with Crippen molar-refractivity contribution < 1.29 is 4.79 Å². The number of nitrogens with one attached hydrogen (secondary N) is 1. The van der Waals surface area contributed by atoms with E-state index in [1.165, 1.54) is 5.56 Å². The molecule has 128 valence electrons. The van der Waals surface area contributed by atoms with Crippen LogP contribution in [0.4, 0.5) is 0 Å². The van der Waals surface area contributed by atoms with E-state index in [1.807, 2.05) is 56.6 Å². The second-order valence-electron chi connectivity index (χ2n) is 6.19. The predicted octanol–water partition coefficient (Wildman–Crippen LogP) is 4.45. The van der Waals surface area contributed by atoms with E-state index in [-0.39, 0.29) is 11.9 Å². The maximum atomic E-state index is 12.5. The Labute approximate surface area is 152 Å². The van der Waals surface area contributed by atoms with Crippen molar-refractivity contribution >= 4 is 17.2 Å². The Balaban J connectivity index is 1.65. The molecule has 0 radical (unpaired) electrons. The van der Waals surface area contributed by atoms with Crippen molar-refractivity contribution in [2.75, 3.05) is 20.6 Å². The Bertz CT molecular complexity index is 796. The third-order valence-electron chi connectivity index (χ3n) is 4.26. The minimum Gasteiger partial charge on any atom is -0.350 e. The van der Waals surface area contributed by atoms with Crippen LogP contribution in [0.5, 0.6) is 0 Å². The molecule has 1 aromatic heterocycles. The van der Waals surface area contributed by atoms with Crippen molar-refractivity contribution in [1.29, 1.82) is 0 Å². The van der Waals surface area contributed by atoms with Gasteiger partial charge in [-0.2, -0.15) is 11.3 Å². The number of carbonyl (C=O) groups is 1. The molecule has 3 aromatic rings. The predicted molar refractivity (Wildman–Crippen MR) is 105 cm³/mol. The molecule has 1 amide bonds. The molecule has 0 saturated carbocycles. The van der Waals surface area contributed by atoms with Crippen LogP contribution in [0.1, 0.15) is 22.0 Å². The van der Waals surface area contributed by atoms with Gasteiger partial charge in [-0.1, -0.05) is 42.5 Å². The first kappa shape index (κ1) is 17.4. The van der Waals surface area contributed by atoms with Crippen molar-refractivity contribution in [3.05, 3.63) is 82.6 Å². The summed E-state index contributed by atoms with van der Waals surface area (Å²) < 4.78 is 0. The summed E-state index contributed by atoms with van der Waals surface area (Å²) in [7, 11) is 4.06. The zero-order valence-electron chi connectivity index (χ0n) is 14.5. The molecule has 1 N–H and O–H groups in total. The van der Waals surface area contributed by atoms with Gasteiger partial charge in [0.2, 0.25) is 0 Å². The number of carbonyl (C=O) groups excluding carboxylic acids is 1. The summed E-state index contributed by atoms with van der Waals surface area (Å²) in [6.07, 6.45) is 0. The monoisotopic (exact) mass is 350 g/mol. The molecule has 1 heterocycles. The summed E-state index contributed by atoms with van der Waals surface area (Å²) in [5, 5.41) is 7.25. The molecule has 3 nitrogen and oxygen atoms in total. The van der Waals surface area contributed by atoms with Gasteiger partial charge in [0.15, 0.2) is 0 Å². The maximum absolute atomic E-state index is 12.5. The van der Waals surface area contributed by atoms with Crippen molar-refractivity contribution in [2.24, 2.45) is 0 Å². The van der Waals surface area contributed by atoms with Gasteiger partial charge in [-0.05, 0) is 59.7 Å². The molecule has 0 spiro atoms. The largest absolute Gasteiger partial charge is 0.350 e. The fourth-order valence-corrected chi connectivity index (χ4v) is 3.51. The van der Waals surface area contributed by atoms with E-state index in [0.29, 0.717) is 12.1 Å². The van der Waals surface area contributed by atoms with E-state index in [2.05, 4.69) is 39.2 Å². The normalized spacial score (nSPS) is 12.1. The molecule has 1 atom stereocenters. The van der Waals surface area contributed by atoms with Crippen LogP contribution in [0, 0.1) is 0 Å². The number of nitrogens with zero attached hydrogens (tertiary/aromatic N) is 1. The lowest BCUT2D eigenvalue weighted by molar-refractivity contribution is 0.0942. The van der Waals surface area contributed by atoms with Gasteiger partial charge in [0.05, 0.1) is 6.04 Å². The molecule has 0 saturated heterocycles. The van der Waals surface area contributed by atoms with Crippen LogP contribution in [0.2, 0.25) is 0 Å². The van der Waals surface area contributed by atoms with Crippen LogP contribution in [-0.4, -0.2) is 31.4 Å². The van der Waals surface area contributed by atoms with Gasteiger partial charge in [-0.25, -0.2) is 0 Å². The fourth-order valence-electron chi connectivity index (χ4n) is 2.80. The Kier molecular flexibility index (Phi) is 5.64. The van der Waals surface area contributed by atoms with Gasteiger partial charge in [-0.3, -0.25) is 4.79 Å². The van der Waals surface area contributed by atoms with Crippen molar-refractivity contribution in [1.82, 2.24) is 10.2 Å². The third-order valence-corrected chi connectivity index (χ3v) is 4.96. The van der Waals surface area contributed by atoms with Gasteiger partial charge < -0.3 is 10.2 Å². The molecule has 0 aliphatic rings. The second-order valence-corrected chi connectivity index (χ2v) is 6.97. The summed E-state index contributed by atoms with van der Waals surface area (Å²) in [4.78, 5) is 14.6. The molecule has 0 bridgehead atoms. The maximum Gasteiger partial charge on any atom is 0.251 e. The lowest BCUT2D eigenvalue weighted by atomic mass is 10.0. The molecule has 0 aliphatic heterocycles. The van der Waals surface area contributed by atoms with Crippen LogP contribution in [0.25, 0.3) is 11.1 Å². The highest BCUT2D eigenvalue weighted by Crippen LogP contribution is 2.21. The second kappa shape index (κ2) is 8.10. The zero-order valence-corrected chi connectivity index (χ0v) is 15.3. The molecular formula is C21H22N2OS. The quantitative estimate of drug-likeness (QED) is 0.712. The van der Waals surface area contributed by atoms with E-state index in [0.717, 1.165) is 11.1 Å². The van der Waals surface area contributed by atoms with Crippen LogP contribution >= 0.6 is 11.3 Å². The zero-order chi connectivity index (χ0) is 17.6. The van der Waals surface area contributed by atoms with E-state index >= 15 is 0 Å². The standard InChI is InChI=1S/C21H22N2OS/c1-23(2)20(19-12-13-25-15-19)14-22-21(24)18-10-8-17(9-11-18)16-6-4-3-5-7-16/h3-13,15,20H,14H2,1-2H3,(H,22,24). The molecule has 1 unspecified atom stereocenters. The van der Waals surface area contributed by atoms with Crippen LogP contribution < -0.4 is 5.32 Å². The fraction of sp³-hybridized carbons (Fsp3) is 0.190. The average molecular weight is 350 g/mol. The van der Waals surface area contributed by atoms with Crippen molar-refractivity contribution in [2.45, 2.75) is 6.04 Å². The summed E-state index contributed by atoms with van der Waals surface area (Å²) >= 11 is 1.68. The minimum atomic E-state index is -0.0401. The van der Waals surface area contributed by atoms with Crippen molar-refractivity contribution in [3.8, 4) is 11.1 Å². The van der Waals surface area contributed by atoms with E-state index in [4.69, 9.17) is 0 Å². The SMILES string of the molecule is CN(C)C(CNC(=O)c1ccc(-c2ccccc2)cc1)c1ccsc1. The van der Waals surface area contributed by atoms with E-state index in [1.54, 1.807) is 11.3 Å². The lowest BCUT2D eigenvalue weighted by Crippen LogP contribution is -2.34. The Hall–Kier alpha value is -2.43. The molecule has 2 aromatic carbocycles. The first-order chi connectivity index (χ1) is 12.1. The van der Waals surface area contributed by atoms with Crippen LogP contribution in [0.15, 0.2) is 71.4 Å². The minimum absolute atomic E-state index is 0.0401. The number of amides is 1. The molecule has 0 aliphatic carbocycles. The number of likely N-dealkylation sites (N-methyl/N-ethyl adjacent to an activating group) is 1. The Morgan fingerprint density at radius 2 is 1.68 bits per heavy atom. The number of hydrogen-bond donors (Lipinski definition) is 1. The van der Waals surface area contributed by atoms with Crippen LogP contribution in [0.3, 0.4) is 0 Å². The highest BCUT2D eigenvalue weighted by atomic mass is 32.1. The molecule has 25 heavy (non-hydrogen) atoms. The average Bonchev–Trinajstić information content (AvgIpc) is 3.16. The Morgan fingerprint density at radius 1 is 1.00 bits per heavy atom. The van der Waals surface area contributed by atoms with Gasteiger partial charge in [0.25, 0.3) is 5.91 Å². The smallest absolute Gasteiger partial charge is 0.251 e. The highest BCUT2D eigenvalue weighted by Gasteiger charge is 2.16. The van der Waals surface area contributed by atoms with Gasteiger partial charge >= 0.3 is 0 Å². The molecule has 4 heteroatoms. The first-order valence-electron chi connectivity index (χ1n) is 8.27. The van der Waals surface area contributed by atoms with Crippen LogP contribution in [-0.2, 0) is 0 Å². The summed E-state index contributed by atoms with van der Waals surface area (Å²) in [6.45, 7) is 0.586. The lowest BCUT2D eigenvalue weighted by Gasteiger charge is -2.24. The topological polar surface area (TPSA) is 32.3 Å². The summed E-state index contributed by atoms with van der Waals surface area (Å²) in [5.41, 5.74) is 4.18. The summed E-state index contributed by atoms with van der Waals surface area (Å²) in [6, 6.07) is 20.2. The number of rotatable bonds is 6.